The van der Waals surface area contributed by atoms with Gasteiger partial charge in [-0.25, -0.2) is 0 Å². The van der Waals surface area contributed by atoms with Crippen LogP contribution in [0.15, 0.2) is 4.52 Å². The molecule has 0 spiro atoms. The molecule has 114 valence electrons. The molecule has 1 aliphatic heterocycles. The lowest BCUT2D eigenvalue weighted by Crippen LogP contribution is -2.42. The van der Waals surface area contributed by atoms with Crippen LogP contribution >= 0.6 is 0 Å². The lowest BCUT2D eigenvalue weighted by molar-refractivity contribution is -0.188. The molecule has 0 N–H and O–H groups in total. The highest BCUT2D eigenvalue weighted by Crippen LogP contribution is 2.35. The largest absolute Gasteiger partial charge is 0.393 e. The van der Waals surface area contributed by atoms with Crippen LogP contribution in [0.25, 0.3) is 0 Å². The number of likely N-dealkylation sites (tertiary alicyclic amines) is 1. The van der Waals surface area contributed by atoms with Gasteiger partial charge in [-0.2, -0.15) is 18.2 Å². The van der Waals surface area contributed by atoms with E-state index in [-0.39, 0.29) is 19.0 Å². The molecule has 2 heterocycles. The normalized spacial score (nSPS) is 22.9. The van der Waals surface area contributed by atoms with Crippen LogP contribution in [-0.2, 0) is 6.42 Å². The summed E-state index contributed by atoms with van der Waals surface area (Å²) in [5, 5.41) is 3.85. The first-order chi connectivity index (χ1) is 9.41. The van der Waals surface area contributed by atoms with Crippen molar-refractivity contribution in [2.75, 3.05) is 13.1 Å². The molecule has 0 aliphatic carbocycles. The Labute approximate surface area is 116 Å². The summed E-state index contributed by atoms with van der Waals surface area (Å²) >= 11 is 0. The van der Waals surface area contributed by atoms with E-state index in [0.717, 1.165) is 12.8 Å². The van der Waals surface area contributed by atoms with Gasteiger partial charge in [0, 0.05) is 13.0 Å². The highest BCUT2D eigenvalue weighted by Gasteiger charge is 2.43. The maximum Gasteiger partial charge on any atom is 0.393 e. The third-order valence-electron chi connectivity index (χ3n) is 3.78. The lowest BCUT2D eigenvalue weighted by Gasteiger charge is -2.36. The van der Waals surface area contributed by atoms with Crippen molar-refractivity contribution in [2.45, 2.75) is 51.7 Å². The smallest absolute Gasteiger partial charge is 0.338 e. The maximum atomic E-state index is 12.8. The van der Waals surface area contributed by atoms with Crippen molar-refractivity contribution in [3.63, 3.8) is 0 Å². The van der Waals surface area contributed by atoms with Crippen molar-refractivity contribution >= 4 is 0 Å². The van der Waals surface area contributed by atoms with Crippen LogP contribution in [0, 0.1) is 5.92 Å². The summed E-state index contributed by atoms with van der Waals surface area (Å²) in [6.07, 6.45) is -1.74. The molecule has 0 amide bonds. The molecule has 20 heavy (non-hydrogen) atoms. The minimum absolute atomic E-state index is 0.0101. The number of alkyl halides is 3. The van der Waals surface area contributed by atoms with E-state index >= 15 is 0 Å². The fraction of sp³-hybridized carbons (Fsp3) is 0.846. The number of hydrogen-bond acceptors (Lipinski definition) is 4. The Kier molecular flexibility index (Phi) is 4.67. The number of piperidine rings is 1. The fourth-order valence-corrected chi connectivity index (χ4v) is 2.54. The zero-order valence-corrected chi connectivity index (χ0v) is 11.8. The molecule has 2 rings (SSSR count). The van der Waals surface area contributed by atoms with E-state index in [0.29, 0.717) is 24.7 Å². The first-order valence-electron chi connectivity index (χ1n) is 7.05. The molecule has 0 unspecified atom stereocenters. The summed E-state index contributed by atoms with van der Waals surface area (Å²) in [5.74, 6) is -0.216. The van der Waals surface area contributed by atoms with Crippen molar-refractivity contribution in [1.29, 1.82) is 0 Å². The molecule has 1 aliphatic rings. The molecule has 1 aromatic heterocycles. The zero-order valence-electron chi connectivity index (χ0n) is 11.8. The fourth-order valence-electron chi connectivity index (χ4n) is 2.54. The average molecular weight is 291 g/mol. The second-order valence-electron chi connectivity index (χ2n) is 5.35. The molecule has 1 fully saturated rings. The van der Waals surface area contributed by atoms with Crippen molar-refractivity contribution < 1.29 is 17.7 Å². The van der Waals surface area contributed by atoms with Crippen molar-refractivity contribution in [3.8, 4) is 0 Å². The highest BCUT2D eigenvalue weighted by atomic mass is 19.4. The Morgan fingerprint density at radius 2 is 2.20 bits per heavy atom. The molecule has 4 nitrogen and oxygen atoms in total. The number of aryl methyl sites for hydroxylation is 1. The van der Waals surface area contributed by atoms with Gasteiger partial charge < -0.3 is 4.52 Å². The van der Waals surface area contributed by atoms with Gasteiger partial charge >= 0.3 is 6.18 Å². The summed E-state index contributed by atoms with van der Waals surface area (Å²) in [7, 11) is 0. The van der Waals surface area contributed by atoms with E-state index in [4.69, 9.17) is 4.52 Å². The van der Waals surface area contributed by atoms with Gasteiger partial charge in [0.1, 0.15) is 0 Å². The van der Waals surface area contributed by atoms with Crippen LogP contribution in [0.3, 0.4) is 0 Å². The third-order valence-corrected chi connectivity index (χ3v) is 3.78. The van der Waals surface area contributed by atoms with Gasteiger partial charge in [0.15, 0.2) is 5.82 Å². The maximum absolute atomic E-state index is 12.8. The van der Waals surface area contributed by atoms with Crippen LogP contribution in [0.2, 0.25) is 0 Å². The predicted octanol–water partition coefficient (Wildman–Crippen LogP) is 3.36. The Morgan fingerprint density at radius 3 is 2.85 bits per heavy atom. The molecule has 7 heteroatoms. The molecular weight excluding hydrogens is 271 g/mol. The van der Waals surface area contributed by atoms with Crippen LogP contribution in [0.5, 0.6) is 0 Å². The number of halogens is 3. The van der Waals surface area contributed by atoms with E-state index in [2.05, 4.69) is 10.1 Å². The lowest BCUT2D eigenvalue weighted by atomic mass is 9.96. The number of rotatable bonds is 4. The van der Waals surface area contributed by atoms with Crippen LogP contribution in [0.4, 0.5) is 13.2 Å². The van der Waals surface area contributed by atoms with Crippen molar-refractivity contribution in [2.24, 2.45) is 5.92 Å². The van der Waals surface area contributed by atoms with E-state index in [1.807, 2.05) is 13.8 Å². The van der Waals surface area contributed by atoms with Gasteiger partial charge in [0.25, 0.3) is 0 Å². The zero-order chi connectivity index (χ0) is 14.8. The Morgan fingerprint density at radius 1 is 1.45 bits per heavy atom. The minimum Gasteiger partial charge on any atom is -0.338 e. The first kappa shape index (κ1) is 15.3. The SMILES string of the molecule is CCCc1noc([C@H](C)N2CCC[C@@H](C(F)(F)F)C2)n1. The third kappa shape index (κ3) is 3.50. The number of hydrogen-bond donors (Lipinski definition) is 0. The monoisotopic (exact) mass is 291 g/mol. The second kappa shape index (κ2) is 6.11. The molecule has 0 saturated carbocycles. The Bertz CT molecular complexity index is 433. The molecule has 0 radical (unpaired) electrons. The predicted molar refractivity (Wildman–Crippen MR) is 67.1 cm³/mol. The van der Waals surface area contributed by atoms with Gasteiger partial charge in [-0.3, -0.25) is 4.90 Å². The van der Waals surface area contributed by atoms with E-state index in [1.165, 1.54) is 0 Å². The molecule has 1 saturated heterocycles. The quantitative estimate of drug-likeness (QED) is 0.853. The van der Waals surface area contributed by atoms with Gasteiger partial charge in [-0.05, 0) is 32.7 Å². The summed E-state index contributed by atoms with van der Waals surface area (Å²) in [4.78, 5) is 6.04. The van der Waals surface area contributed by atoms with Crippen LogP contribution in [0.1, 0.15) is 50.9 Å². The van der Waals surface area contributed by atoms with Gasteiger partial charge in [-0.1, -0.05) is 12.1 Å². The molecule has 1 aromatic rings. The second-order valence-corrected chi connectivity index (χ2v) is 5.35. The summed E-state index contributed by atoms with van der Waals surface area (Å²) in [6, 6.07) is -0.266. The summed E-state index contributed by atoms with van der Waals surface area (Å²) in [6.45, 7) is 4.48. The summed E-state index contributed by atoms with van der Waals surface area (Å²) < 4.78 is 43.6. The first-order valence-corrected chi connectivity index (χ1v) is 7.05. The van der Waals surface area contributed by atoms with Crippen LogP contribution < -0.4 is 0 Å². The number of nitrogens with zero attached hydrogens (tertiary/aromatic N) is 3. The van der Waals surface area contributed by atoms with Crippen LogP contribution in [-0.4, -0.2) is 34.3 Å². The van der Waals surface area contributed by atoms with Crippen molar-refractivity contribution in [1.82, 2.24) is 15.0 Å². The van der Waals surface area contributed by atoms with Crippen molar-refractivity contribution in [3.05, 3.63) is 11.7 Å². The molecular formula is C13H20F3N3O. The Hall–Kier alpha value is -1.11. The van der Waals surface area contributed by atoms with Gasteiger partial charge in [-0.15, -0.1) is 0 Å². The minimum atomic E-state index is -4.12. The number of aromatic nitrogens is 2. The highest BCUT2D eigenvalue weighted by molar-refractivity contribution is 4.94. The van der Waals surface area contributed by atoms with E-state index < -0.39 is 12.1 Å². The average Bonchev–Trinajstić information content (AvgIpc) is 2.86. The van der Waals surface area contributed by atoms with Gasteiger partial charge in [0.2, 0.25) is 5.89 Å². The summed E-state index contributed by atoms with van der Waals surface area (Å²) in [5.41, 5.74) is 0. The van der Waals surface area contributed by atoms with E-state index in [9.17, 15) is 13.2 Å². The topological polar surface area (TPSA) is 42.2 Å². The standard InChI is InChI=1S/C13H20F3N3O/c1-3-5-11-17-12(20-18-11)9(2)19-7-4-6-10(8-19)13(14,15)16/h9-10H,3-8H2,1-2H3/t9-,10+/m0/s1. The van der Waals surface area contributed by atoms with E-state index in [1.54, 1.807) is 4.90 Å². The molecule has 0 bridgehead atoms. The molecule has 0 aromatic carbocycles. The molecule has 2 atom stereocenters. The Balaban J connectivity index is 2.02. The van der Waals surface area contributed by atoms with Gasteiger partial charge in [0.05, 0.1) is 12.0 Å².